The van der Waals surface area contributed by atoms with Crippen LogP contribution in [0.5, 0.6) is 5.75 Å². The van der Waals surface area contributed by atoms with E-state index in [9.17, 15) is 14.4 Å². The Morgan fingerprint density at radius 1 is 1.11 bits per heavy atom. The highest BCUT2D eigenvalue weighted by Crippen LogP contribution is 2.34. The molecule has 0 aromatic heterocycles. The zero-order valence-corrected chi connectivity index (χ0v) is 15.9. The molecule has 3 rings (SSSR count). The van der Waals surface area contributed by atoms with Crippen LogP contribution in [-0.4, -0.2) is 25.0 Å². The Morgan fingerprint density at radius 3 is 2.52 bits per heavy atom. The first-order chi connectivity index (χ1) is 12.8. The van der Waals surface area contributed by atoms with Crippen LogP contribution in [0.2, 0.25) is 10.0 Å². The number of urea groups is 1. The van der Waals surface area contributed by atoms with E-state index in [1.54, 1.807) is 31.4 Å². The highest BCUT2D eigenvalue weighted by atomic mass is 35.5. The smallest absolute Gasteiger partial charge is 0.336 e. The van der Waals surface area contributed by atoms with Gasteiger partial charge >= 0.3 is 6.03 Å². The Kier molecular flexibility index (Phi) is 5.21. The number of hydrogen-bond acceptors (Lipinski definition) is 4. The van der Waals surface area contributed by atoms with Crippen molar-refractivity contribution in [2.45, 2.75) is 6.92 Å². The summed E-state index contributed by atoms with van der Waals surface area (Å²) in [5.41, 5.74) is 1.34. The number of methoxy groups -OCH3 is 1. The maximum atomic E-state index is 12.9. The molecule has 1 fully saturated rings. The standard InChI is InChI=1S/C19H14Cl2N2O4/c1-10-8-12(27-2)7-6-11(10)9-13-17(24)22-19(26)23(18(13)25)15-5-3-4-14(20)16(15)21/h3-9H,1-2H3,(H,22,24,26)/b13-9+. The van der Waals surface area contributed by atoms with Gasteiger partial charge in [0.15, 0.2) is 0 Å². The number of benzene rings is 2. The fraction of sp³-hybridized carbons (Fsp3) is 0.105. The average molecular weight is 405 g/mol. The van der Waals surface area contributed by atoms with Gasteiger partial charge in [-0.2, -0.15) is 0 Å². The summed E-state index contributed by atoms with van der Waals surface area (Å²) in [6, 6.07) is 8.86. The topological polar surface area (TPSA) is 75.7 Å². The van der Waals surface area contributed by atoms with Crippen molar-refractivity contribution in [3.63, 3.8) is 0 Å². The largest absolute Gasteiger partial charge is 0.497 e. The molecule has 0 aliphatic carbocycles. The molecule has 0 unspecified atom stereocenters. The number of carbonyl (C=O) groups is 3. The van der Waals surface area contributed by atoms with Crippen molar-refractivity contribution in [3.8, 4) is 5.75 Å². The monoisotopic (exact) mass is 404 g/mol. The van der Waals surface area contributed by atoms with E-state index in [1.807, 2.05) is 6.92 Å². The SMILES string of the molecule is COc1ccc(/C=C2\C(=O)NC(=O)N(c3cccc(Cl)c3Cl)C2=O)c(C)c1. The van der Waals surface area contributed by atoms with E-state index in [0.717, 1.165) is 10.5 Å². The lowest BCUT2D eigenvalue weighted by Gasteiger charge is -2.27. The third kappa shape index (κ3) is 3.54. The number of carbonyl (C=O) groups excluding carboxylic acids is 3. The summed E-state index contributed by atoms with van der Waals surface area (Å²) in [6.07, 6.45) is 1.42. The van der Waals surface area contributed by atoms with Gasteiger partial charge < -0.3 is 4.74 Å². The molecule has 4 amide bonds. The third-order valence-electron chi connectivity index (χ3n) is 4.05. The summed E-state index contributed by atoms with van der Waals surface area (Å²) >= 11 is 12.1. The predicted octanol–water partition coefficient (Wildman–Crippen LogP) is 3.98. The third-order valence-corrected chi connectivity index (χ3v) is 4.86. The molecule has 0 spiro atoms. The van der Waals surface area contributed by atoms with Crippen molar-refractivity contribution in [1.82, 2.24) is 5.32 Å². The molecule has 1 heterocycles. The Bertz CT molecular complexity index is 1000. The van der Waals surface area contributed by atoms with Gasteiger partial charge in [0.2, 0.25) is 0 Å². The first kappa shape index (κ1) is 18.9. The van der Waals surface area contributed by atoms with E-state index in [0.29, 0.717) is 11.3 Å². The summed E-state index contributed by atoms with van der Waals surface area (Å²) in [5, 5.41) is 2.37. The predicted molar refractivity (Wildman–Crippen MR) is 103 cm³/mol. The molecule has 6 nitrogen and oxygen atoms in total. The van der Waals surface area contributed by atoms with Crippen LogP contribution in [0.1, 0.15) is 11.1 Å². The number of anilines is 1. The number of nitrogens with zero attached hydrogens (tertiary/aromatic N) is 1. The van der Waals surface area contributed by atoms with Crippen LogP contribution < -0.4 is 15.0 Å². The lowest BCUT2D eigenvalue weighted by Crippen LogP contribution is -2.54. The van der Waals surface area contributed by atoms with Gasteiger partial charge in [-0.3, -0.25) is 14.9 Å². The van der Waals surface area contributed by atoms with Crippen molar-refractivity contribution < 1.29 is 19.1 Å². The van der Waals surface area contributed by atoms with Crippen molar-refractivity contribution in [2.24, 2.45) is 0 Å². The van der Waals surface area contributed by atoms with E-state index in [1.165, 1.54) is 18.2 Å². The molecule has 0 radical (unpaired) electrons. The van der Waals surface area contributed by atoms with Crippen molar-refractivity contribution in [2.75, 3.05) is 12.0 Å². The molecule has 0 saturated carbocycles. The van der Waals surface area contributed by atoms with Crippen LogP contribution in [0.3, 0.4) is 0 Å². The van der Waals surface area contributed by atoms with Crippen LogP contribution in [0, 0.1) is 6.92 Å². The van der Waals surface area contributed by atoms with E-state index >= 15 is 0 Å². The number of nitrogens with one attached hydrogen (secondary N) is 1. The molecule has 1 N–H and O–H groups in total. The first-order valence-corrected chi connectivity index (χ1v) is 8.59. The Balaban J connectivity index is 2.06. The van der Waals surface area contributed by atoms with E-state index in [4.69, 9.17) is 27.9 Å². The van der Waals surface area contributed by atoms with Crippen molar-refractivity contribution >= 4 is 52.8 Å². The number of hydrogen-bond donors (Lipinski definition) is 1. The highest BCUT2D eigenvalue weighted by molar-refractivity contribution is 6.46. The zero-order valence-electron chi connectivity index (χ0n) is 14.4. The molecule has 8 heteroatoms. The Hall–Kier alpha value is -2.83. The minimum Gasteiger partial charge on any atom is -0.497 e. The maximum absolute atomic E-state index is 12.9. The van der Waals surface area contributed by atoms with Crippen LogP contribution in [-0.2, 0) is 9.59 Å². The van der Waals surface area contributed by atoms with Gasteiger partial charge in [-0.05, 0) is 48.4 Å². The fourth-order valence-corrected chi connectivity index (χ4v) is 3.01. The van der Waals surface area contributed by atoms with Crippen molar-refractivity contribution in [3.05, 3.63) is 63.1 Å². The number of imide groups is 2. The Morgan fingerprint density at radius 2 is 1.85 bits per heavy atom. The van der Waals surface area contributed by atoms with Crippen LogP contribution in [0.15, 0.2) is 42.0 Å². The summed E-state index contributed by atoms with van der Waals surface area (Å²) < 4.78 is 5.15. The quantitative estimate of drug-likeness (QED) is 0.619. The van der Waals surface area contributed by atoms with E-state index in [2.05, 4.69) is 5.32 Å². The molecule has 1 saturated heterocycles. The average Bonchev–Trinajstić information content (AvgIpc) is 2.63. The molecule has 0 bridgehead atoms. The number of halogens is 2. The number of ether oxygens (including phenoxy) is 1. The summed E-state index contributed by atoms with van der Waals surface area (Å²) in [5.74, 6) is -0.922. The molecular weight excluding hydrogens is 391 g/mol. The molecule has 2 aromatic rings. The number of aryl methyl sites for hydroxylation is 1. The second-order valence-electron chi connectivity index (χ2n) is 5.75. The van der Waals surface area contributed by atoms with Crippen LogP contribution in [0.25, 0.3) is 6.08 Å². The van der Waals surface area contributed by atoms with E-state index < -0.39 is 17.8 Å². The molecule has 138 valence electrons. The molecule has 1 aliphatic rings. The fourth-order valence-electron chi connectivity index (χ4n) is 2.63. The Labute approximate surface area is 165 Å². The summed E-state index contributed by atoms with van der Waals surface area (Å²) in [6.45, 7) is 1.82. The highest BCUT2D eigenvalue weighted by Gasteiger charge is 2.38. The second kappa shape index (κ2) is 7.42. The zero-order chi connectivity index (χ0) is 19.7. The normalized spacial score (nSPS) is 15.9. The maximum Gasteiger partial charge on any atom is 0.336 e. The summed E-state index contributed by atoms with van der Waals surface area (Å²) in [7, 11) is 1.54. The van der Waals surface area contributed by atoms with Gasteiger partial charge in [-0.25, -0.2) is 9.69 Å². The second-order valence-corrected chi connectivity index (χ2v) is 6.54. The molecule has 1 aliphatic heterocycles. The number of rotatable bonds is 3. The van der Waals surface area contributed by atoms with Gasteiger partial charge in [0.05, 0.1) is 22.8 Å². The molecule has 0 atom stereocenters. The van der Waals surface area contributed by atoms with Gasteiger partial charge in [0.25, 0.3) is 11.8 Å². The molecular formula is C19H14Cl2N2O4. The van der Waals surface area contributed by atoms with Crippen LogP contribution >= 0.6 is 23.2 Å². The summed E-state index contributed by atoms with van der Waals surface area (Å²) in [4.78, 5) is 38.2. The number of amides is 4. The van der Waals surface area contributed by atoms with Crippen LogP contribution in [0.4, 0.5) is 10.5 Å². The minimum atomic E-state index is -0.891. The first-order valence-electron chi connectivity index (χ1n) is 7.83. The number of barbiturate groups is 1. The lowest BCUT2D eigenvalue weighted by molar-refractivity contribution is -0.122. The lowest BCUT2D eigenvalue weighted by atomic mass is 10.0. The van der Waals surface area contributed by atoms with Gasteiger partial charge in [-0.1, -0.05) is 35.3 Å². The molecule has 27 heavy (non-hydrogen) atoms. The van der Waals surface area contributed by atoms with Gasteiger partial charge in [0, 0.05) is 0 Å². The van der Waals surface area contributed by atoms with Gasteiger partial charge in [-0.15, -0.1) is 0 Å². The van der Waals surface area contributed by atoms with Gasteiger partial charge in [0.1, 0.15) is 11.3 Å². The molecule has 2 aromatic carbocycles. The van der Waals surface area contributed by atoms with E-state index in [-0.39, 0.29) is 21.3 Å². The van der Waals surface area contributed by atoms with Crippen molar-refractivity contribution in [1.29, 1.82) is 0 Å². The minimum absolute atomic E-state index is 0.0389.